The second kappa shape index (κ2) is 14.5. The molecule has 40 heavy (non-hydrogen) atoms. The number of benzene rings is 2. The number of likely N-dealkylation sites (tertiary alicyclic amines) is 1. The molecule has 6 nitrogen and oxygen atoms in total. The van der Waals surface area contributed by atoms with Gasteiger partial charge in [0, 0.05) is 24.9 Å². The monoisotopic (exact) mass is 545 g/mol. The maximum Gasteiger partial charge on any atom is 0.245 e. The molecule has 3 N–H and O–H groups in total. The summed E-state index contributed by atoms with van der Waals surface area (Å²) in [4.78, 5) is 41.9. The first-order valence-electron chi connectivity index (χ1n) is 15.4. The quantitative estimate of drug-likeness (QED) is 0.335. The Morgan fingerprint density at radius 2 is 1.70 bits per heavy atom. The van der Waals surface area contributed by atoms with Crippen LogP contribution in [0.5, 0.6) is 0 Å². The molecule has 2 aliphatic rings. The number of primary amides is 1. The van der Waals surface area contributed by atoms with E-state index in [1.54, 1.807) is 0 Å². The third-order valence-electron chi connectivity index (χ3n) is 8.90. The van der Waals surface area contributed by atoms with Gasteiger partial charge in [0.15, 0.2) is 0 Å². The van der Waals surface area contributed by atoms with Gasteiger partial charge in [0.1, 0.15) is 6.04 Å². The van der Waals surface area contributed by atoms with E-state index in [1.165, 1.54) is 18.4 Å². The molecule has 0 aromatic heterocycles. The van der Waals surface area contributed by atoms with Crippen molar-refractivity contribution in [1.82, 2.24) is 10.2 Å². The highest BCUT2D eigenvalue weighted by atomic mass is 16.2. The van der Waals surface area contributed by atoms with Crippen molar-refractivity contribution in [3.8, 4) is 11.1 Å². The predicted molar refractivity (Wildman–Crippen MR) is 160 cm³/mol. The van der Waals surface area contributed by atoms with Gasteiger partial charge in [-0.05, 0) is 67.7 Å². The summed E-state index contributed by atoms with van der Waals surface area (Å²) in [6.45, 7) is 5.35. The first-order chi connectivity index (χ1) is 19.4. The number of carbonyl (C=O) groups is 3. The van der Waals surface area contributed by atoms with Crippen molar-refractivity contribution >= 4 is 17.7 Å². The fourth-order valence-electron chi connectivity index (χ4n) is 6.52. The van der Waals surface area contributed by atoms with E-state index in [4.69, 9.17) is 5.73 Å². The zero-order valence-corrected chi connectivity index (χ0v) is 24.4. The van der Waals surface area contributed by atoms with Crippen molar-refractivity contribution in [3.05, 3.63) is 59.7 Å². The molecular weight excluding hydrogens is 498 g/mol. The molecule has 1 saturated carbocycles. The average Bonchev–Trinajstić information content (AvgIpc) is 3.41. The SMILES string of the molecule is CCCC[C@H](C(N)=O)[C@@H](CC1CCCC1)C(=O)N[C@H]1CCCCN(Cc2cccc(-c3ccc(C)cc3)c2)C1=O. The maximum atomic E-state index is 13.8. The van der Waals surface area contributed by atoms with Crippen LogP contribution < -0.4 is 11.1 Å². The van der Waals surface area contributed by atoms with Crippen molar-refractivity contribution in [2.24, 2.45) is 23.5 Å². The lowest BCUT2D eigenvalue weighted by atomic mass is 9.80. The van der Waals surface area contributed by atoms with E-state index in [0.717, 1.165) is 55.2 Å². The Kier molecular flexibility index (Phi) is 10.8. The zero-order valence-electron chi connectivity index (χ0n) is 24.4. The van der Waals surface area contributed by atoms with Gasteiger partial charge in [0.05, 0.1) is 0 Å². The van der Waals surface area contributed by atoms with Crippen molar-refractivity contribution in [1.29, 1.82) is 0 Å². The van der Waals surface area contributed by atoms with Crippen LogP contribution in [0, 0.1) is 24.7 Å². The topological polar surface area (TPSA) is 92.5 Å². The molecule has 2 aromatic carbocycles. The molecule has 3 amide bonds. The summed E-state index contributed by atoms with van der Waals surface area (Å²) in [5, 5.41) is 3.11. The van der Waals surface area contributed by atoms with E-state index in [9.17, 15) is 14.4 Å². The fourth-order valence-corrected chi connectivity index (χ4v) is 6.52. The van der Waals surface area contributed by atoms with E-state index in [2.05, 4.69) is 61.6 Å². The van der Waals surface area contributed by atoms with Gasteiger partial charge >= 0.3 is 0 Å². The van der Waals surface area contributed by atoms with Gasteiger partial charge in [-0.2, -0.15) is 0 Å². The van der Waals surface area contributed by atoms with E-state index in [-0.39, 0.29) is 11.8 Å². The number of unbranched alkanes of at least 4 members (excludes halogenated alkanes) is 1. The number of nitrogens with two attached hydrogens (primary N) is 1. The van der Waals surface area contributed by atoms with Crippen LogP contribution >= 0.6 is 0 Å². The third-order valence-corrected chi connectivity index (χ3v) is 8.90. The Morgan fingerprint density at radius 1 is 0.975 bits per heavy atom. The molecule has 1 aliphatic heterocycles. The van der Waals surface area contributed by atoms with Crippen molar-refractivity contribution < 1.29 is 14.4 Å². The second-order valence-corrected chi connectivity index (χ2v) is 12.0. The van der Waals surface area contributed by atoms with Crippen LogP contribution in [-0.2, 0) is 20.9 Å². The van der Waals surface area contributed by atoms with Crippen LogP contribution in [0.25, 0.3) is 11.1 Å². The minimum Gasteiger partial charge on any atom is -0.369 e. The lowest BCUT2D eigenvalue weighted by molar-refractivity contribution is -0.139. The summed E-state index contributed by atoms with van der Waals surface area (Å²) in [6, 6.07) is 16.3. The highest BCUT2D eigenvalue weighted by Gasteiger charge is 2.37. The predicted octanol–water partition coefficient (Wildman–Crippen LogP) is 6.15. The lowest BCUT2D eigenvalue weighted by Gasteiger charge is -2.30. The molecule has 1 aliphatic carbocycles. The molecule has 216 valence electrons. The Morgan fingerprint density at radius 3 is 2.40 bits per heavy atom. The minimum absolute atomic E-state index is 0.0320. The number of amides is 3. The molecule has 4 rings (SSSR count). The van der Waals surface area contributed by atoms with Gasteiger partial charge in [0.25, 0.3) is 0 Å². The van der Waals surface area contributed by atoms with Gasteiger partial charge in [-0.25, -0.2) is 0 Å². The van der Waals surface area contributed by atoms with Crippen molar-refractivity contribution in [2.75, 3.05) is 6.54 Å². The summed E-state index contributed by atoms with van der Waals surface area (Å²) in [5.41, 5.74) is 10.4. The third kappa shape index (κ3) is 7.96. The summed E-state index contributed by atoms with van der Waals surface area (Å²) in [7, 11) is 0. The lowest BCUT2D eigenvalue weighted by Crippen LogP contribution is -2.50. The number of aryl methyl sites for hydroxylation is 1. The molecule has 0 spiro atoms. The smallest absolute Gasteiger partial charge is 0.245 e. The molecule has 2 aromatic rings. The van der Waals surface area contributed by atoms with E-state index >= 15 is 0 Å². The largest absolute Gasteiger partial charge is 0.369 e. The summed E-state index contributed by atoms with van der Waals surface area (Å²) < 4.78 is 0. The number of rotatable bonds is 12. The molecular formula is C34H47N3O3. The molecule has 0 unspecified atom stereocenters. The molecule has 6 heteroatoms. The Labute approximate surface area is 240 Å². The van der Waals surface area contributed by atoms with Gasteiger partial charge in [0.2, 0.25) is 17.7 Å². The molecule has 0 bridgehead atoms. The highest BCUT2D eigenvalue weighted by Crippen LogP contribution is 2.34. The first kappa shape index (κ1) is 29.8. The summed E-state index contributed by atoms with van der Waals surface area (Å²) in [6.07, 6.45) is 10.1. The number of hydrogen-bond donors (Lipinski definition) is 2. The first-order valence-corrected chi connectivity index (χ1v) is 15.4. The maximum absolute atomic E-state index is 13.8. The second-order valence-electron chi connectivity index (χ2n) is 12.0. The van der Waals surface area contributed by atoms with Crippen molar-refractivity contribution in [2.45, 2.75) is 97.1 Å². The molecule has 3 atom stereocenters. The van der Waals surface area contributed by atoms with E-state index < -0.39 is 23.8 Å². The van der Waals surface area contributed by atoms with Crippen molar-refractivity contribution in [3.63, 3.8) is 0 Å². The summed E-state index contributed by atoms with van der Waals surface area (Å²) in [5.74, 6) is -1.11. The highest BCUT2D eigenvalue weighted by molar-refractivity contribution is 5.91. The molecule has 2 fully saturated rings. The zero-order chi connectivity index (χ0) is 28.5. The van der Waals surface area contributed by atoms with Gasteiger partial charge in [-0.3, -0.25) is 14.4 Å². The average molecular weight is 546 g/mol. The minimum atomic E-state index is -0.568. The number of nitrogens with zero attached hydrogens (tertiary/aromatic N) is 1. The number of nitrogens with one attached hydrogen (secondary N) is 1. The van der Waals surface area contributed by atoms with Crippen LogP contribution in [-0.4, -0.2) is 35.2 Å². The van der Waals surface area contributed by atoms with Gasteiger partial charge < -0.3 is 16.0 Å². The normalized spacial score (nSPS) is 19.7. The van der Waals surface area contributed by atoms with Gasteiger partial charge in [-0.1, -0.05) is 93.5 Å². The molecule has 1 heterocycles. The van der Waals surface area contributed by atoms with Crippen LogP contribution in [0.15, 0.2) is 48.5 Å². The van der Waals surface area contributed by atoms with Gasteiger partial charge in [-0.15, -0.1) is 0 Å². The number of carbonyl (C=O) groups excluding carboxylic acids is 3. The Bertz CT molecular complexity index is 1140. The van der Waals surface area contributed by atoms with Crippen LogP contribution in [0.2, 0.25) is 0 Å². The summed E-state index contributed by atoms with van der Waals surface area (Å²) >= 11 is 0. The molecule has 1 saturated heterocycles. The van der Waals surface area contributed by atoms with E-state index in [1.807, 2.05) is 11.0 Å². The van der Waals surface area contributed by atoms with Crippen LogP contribution in [0.4, 0.5) is 0 Å². The Balaban J connectivity index is 1.47. The fraction of sp³-hybridized carbons (Fsp3) is 0.559. The van der Waals surface area contributed by atoms with Crippen LogP contribution in [0.1, 0.15) is 88.7 Å². The van der Waals surface area contributed by atoms with Crippen LogP contribution in [0.3, 0.4) is 0 Å². The molecule has 0 radical (unpaired) electrons. The standard InChI is InChI=1S/C34H47N3O3/c1-3-4-14-29(32(35)38)30(22-25-10-5-6-11-25)33(39)36-31-15-7-8-20-37(34(31)40)23-26-12-9-13-28(21-26)27-18-16-24(2)17-19-27/h9,12-13,16-19,21,25,29-31H,3-8,10-11,14-15,20,22-23H2,1-2H3,(H2,35,38)(H,36,39)/t29-,30+,31-/m0/s1. The Hall–Kier alpha value is -3.15. The van der Waals surface area contributed by atoms with E-state index in [0.29, 0.717) is 38.3 Å². The number of hydrogen-bond acceptors (Lipinski definition) is 3.